The Labute approximate surface area is 67.4 Å². The van der Waals surface area contributed by atoms with E-state index < -0.39 is 6.27 Å². The lowest BCUT2D eigenvalue weighted by atomic mass is 10.3. The second kappa shape index (κ2) is 4.05. The van der Waals surface area contributed by atoms with Crippen molar-refractivity contribution in [3.05, 3.63) is 30.1 Å². The van der Waals surface area contributed by atoms with Gasteiger partial charge >= 0.3 is 0 Å². The predicted molar refractivity (Wildman–Crippen MR) is 41.0 cm³/mol. The fraction of sp³-hybridized carbons (Fsp3) is 0.375. The molecule has 3 heteroatoms. The largest absolute Gasteiger partial charge is 0.350 e. The van der Waals surface area contributed by atoms with Gasteiger partial charge in [-0.2, -0.15) is 0 Å². The van der Waals surface area contributed by atoms with Crippen LogP contribution >= 0.6 is 0 Å². The fourth-order valence-electron chi connectivity index (χ4n) is 0.776. The molecule has 0 radical (unpaired) electrons. The van der Waals surface area contributed by atoms with Crippen molar-refractivity contribution in [1.29, 1.82) is 0 Å². The molecule has 60 valence electrons. The second-order valence-corrected chi connectivity index (χ2v) is 1.91. The number of ether oxygens (including phenoxy) is 2. The van der Waals surface area contributed by atoms with E-state index in [1.54, 1.807) is 24.4 Å². The van der Waals surface area contributed by atoms with Crippen molar-refractivity contribution >= 4 is 0 Å². The Hall–Kier alpha value is -0.930. The van der Waals surface area contributed by atoms with Gasteiger partial charge in [-0.3, -0.25) is 4.98 Å². The van der Waals surface area contributed by atoms with Crippen LogP contribution in [0.5, 0.6) is 0 Å². The van der Waals surface area contributed by atoms with Crippen molar-refractivity contribution in [3.63, 3.8) is 0 Å². The third-order valence-electron chi connectivity index (χ3n) is 1.24. The van der Waals surface area contributed by atoms with Gasteiger partial charge in [0.2, 0.25) is 6.27 Å². The number of aromatic nitrogens is 1. The zero-order valence-electron chi connectivity index (χ0n) is 7.57. The van der Waals surface area contributed by atoms with Crippen LogP contribution in [0.2, 0.25) is 0 Å². The average molecular weight is 154 g/mol. The van der Waals surface area contributed by atoms with Crippen LogP contribution in [0.3, 0.4) is 0 Å². The maximum atomic E-state index is 7.65. The molecular formula is C8H11NO2. The lowest BCUT2D eigenvalue weighted by molar-refractivity contribution is -0.108. The molecule has 0 aliphatic rings. The number of methoxy groups -OCH3 is 2. The smallest absolute Gasteiger partial charge is 0.200 e. The van der Waals surface area contributed by atoms with Gasteiger partial charge < -0.3 is 9.47 Å². The van der Waals surface area contributed by atoms with Gasteiger partial charge in [0.05, 0.1) is 7.06 Å². The van der Waals surface area contributed by atoms with E-state index in [2.05, 4.69) is 4.98 Å². The molecule has 0 amide bonds. The van der Waals surface area contributed by atoms with Crippen LogP contribution in [0.1, 0.15) is 13.3 Å². The van der Waals surface area contributed by atoms with E-state index in [0.717, 1.165) is 0 Å². The van der Waals surface area contributed by atoms with Crippen LogP contribution in [0, 0.1) is 0 Å². The SMILES string of the molecule is [2H]C(OC)(OC)c1ccccn1. The van der Waals surface area contributed by atoms with Crippen LogP contribution in [-0.2, 0) is 9.47 Å². The minimum absolute atomic E-state index is 0.440. The molecule has 1 aromatic rings. The monoisotopic (exact) mass is 154 g/mol. The van der Waals surface area contributed by atoms with Crippen molar-refractivity contribution in [2.45, 2.75) is 6.27 Å². The van der Waals surface area contributed by atoms with Gasteiger partial charge in [0.25, 0.3) is 0 Å². The van der Waals surface area contributed by atoms with Crippen LogP contribution in [-0.4, -0.2) is 19.2 Å². The normalized spacial score (nSPS) is 12.7. The third-order valence-corrected chi connectivity index (χ3v) is 1.24. The highest BCUT2D eigenvalue weighted by molar-refractivity contribution is 5.04. The highest BCUT2D eigenvalue weighted by atomic mass is 16.7. The molecule has 0 unspecified atom stereocenters. The molecule has 0 fully saturated rings. The summed E-state index contributed by atoms with van der Waals surface area (Å²) in [6.45, 7) is 0. The molecule has 0 aliphatic heterocycles. The van der Waals surface area contributed by atoms with Crippen molar-refractivity contribution < 1.29 is 10.8 Å². The quantitative estimate of drug-likeness (QED) is 0.616. The molecule has 0 atom stereocenters. The zero-order chi connectivity index (χ0) is 9.03. The first kappa shape index (κ1) is 6.76. The minimum Gasteiger partial charge on any atom is -0.350 e. The van der Waals surface area contributed by atoms with E-state index in [1.807, 2.05) is 0 Å². The fourth-order valence-corrected chi connectivity index (χ4v) is 0.776. The molecule has 0 N–H and O–H groups in total. The van der Waals surface area contributed by atoms with Crippen LogP contribution in [0.25, 0.3) is 0 Å². The van der Waals surface area contributed by atoms with Gasteiger partial charge in [0, 0.05) is 20.4 Å². The number of rotatable bonds is 3. The molecule has 0 aliphatic carbocycles. The predicted octanol–water partition coefficient (Wildman–Crippen LogP) is 1.37. The van der Waals surface area contributed by atoms with E-state index in [4.69, 9.17) is 10.8 Å². The summed E-state index contributed by atoms with van der Waals surface area (Å²) >= 11 is 0. The molecule has 1 aromatic heterocycles. The maximum Gasteiger partial charge on any atom is 0.200 e. The Morgan fingerprint density at radius 2 is 2.18 bits per heavy atom. The summed E-state index contributed by atoms with van der Waals surface area (Å²) in [5.74, 6) is 0. The lowest BCUT2D eigenvalue weighted by Crippen LogP contribution is -2.04. The molecule has 0 aromatic carbocycles. The highest BCUT2D eigenvalue weighted by Gasteiger charge is 2.07. The summed E-state index contributed by atoms with van der Waals surface area (Å²) in [7, 11) is 2.82. The van der Waals surface area contributed by atoms with Gasteiger partial charge in [-0.05, 0) is 12.1 Å². The Bertz CT molecular complexity index is 236. The number of pyridine rings is 1. The van der Waals surface area contributed by atoms with Crippen molar-refractivity contribution in [2.75, 3.05) is 14.2 Å². The van der Waals surface area contributed by atoms with Crippen molar-refractivity contribution in [2.24, 2.45) is 0 Å². The van der Waals surface area contributed by atoms with E-state index in [0.29, 0.717) is 5.69 Å². The summed E-state index contributed by atoms with van der Waals surface area (Å²) < 4.78 is 17.4. The minimum atomic E-state index is -1.48. The lowest BCUT2D eigenvalue weighted by Gasteiger charge is -2.11. The van der Waals surface area contributed by atoms with Crippen LogP contribution in [0.4, 0.5) is 0 Å². The number of nitrogens with zero attached hydrogens (tertiary/aromatic N) is 1. The second-order valence-electron chi connectivity index (χ2n) is 1.91. The van der Waals surface area contributed by atoms with E-state index >= 15 is 0 Å². The summed E-state index contributed by atoms with van der Waals surface area (Å²) in [4.78, 5) is 3.96. The molecule has 1 rings (SSSR count). The molecule has 11 heavy (non-hydrogen) atoms. The maximum absolute atomic E-state index is 7.65. The summed E-state index contributed by atoms with van der Waals surface area (Å²) in [6.07, 6.45) is 0.109. The molecule has 1 heterocycles. The first-order valence-corrected chi connectivity index (χ1v) is 3.25. The van der Waals surface area contributed by atoms with Crippen molar-refractivity contribution in [3.8, 4) is 0 Å². The summed E-state index contributed by atoms with van der Waals surface area (Å²) in [5, 5.41) is 0. The third kappa shape index (κ3) is 2.00. The number of hydrogen-bond acceptors (Lipinski definition) is 3. The number of hydrogen-bond donors (Lipinski definition) is 0. The Balaban J connectivity index is 2.95. The van der Waals surface area contributed by atoms with Crippen molar-refractivity contribution in [1.82, 2.24) is 4.98 Å². The molecule has 0 spiro atoms. The first-order valence-electron chi connectivity index (χ1n) is 3.75. The highest BCUT2D eigenvalue weighted by Crippen LogP contribution is 2.12. The molecule has 3 nitrogen and oxygen atoms in total. The molecule has 0 saturated carbocycles. The molecule has 0 saturated heterocycles. The van der Waals surface area contributed by atoms with Gasteiger partial charge in [-0.25, -0.2) is 0 Å². The van der Waals surface area contributed by atoms with E-state index in [9.17, 15) is 0 Å². The van der Waals surface area contributed by atoms with Gasteiger partial charge in [-0.1, -0.05) is 6.07 Å². The first-order chi connectivity index (χ1) is 5.73. The van der Waals surface area contributed by atoms with Gasteiger partial charge in [0.15, 0.2) is 0 Å². The Morgan fingerprint density at radius 1 is 1.45 bits per heavy atom. The topological polar surface area (TPSA) is 31.4 Å². The zero-order valence-corrected chi connectivity index (χ0v) is 6.57. The Kier molecular flexibility index (Phi) is 2.49. The van der Waals surface area contributed by atoms with E-state index in [1.165, 1.54) is 14.2 Å². The molecule has 0 bridgehead atoms. The van der Waals surface area contributed by atoms with E-state index in [-0.39, 0.29) is 0 Å². The Morgan fingerprint density at radius 3 is 2.64 bits per heavy atom. The average Bonchev–Trinajstić information content (AvgIpc) is 2.18. The summed E-state index contributed by atoms with van der Waals surface area (Å²) in [5.41, 5.74) is 0.440. The van der Waals surface area contributed by atoms with Crippen LogP contribution < -0.4 is 0 Å². The van der Waals surface area contributed by atoms with Crippen LogP contribution in [0.15, 0.2) is 24.4 Å². The standard InChI is InChI=1S/C8H11NO2/c1-10-8(11-2)7-5-3-4-6-9-7/h3-6,8H,1-2H3/i8D. The summed E-state index contributed by atoms with van der Waals surface area (Å²) in [6, 6.07) is 5.24. The molecular weight excluding hydrogens is 142 g/mol. The van der Waals surface area contributed by atoms with Gasteiger partial charge in [-0.15, -0.1) is 0 Å². The van der Waals surface area contributed by atoms with Gasteiger partial charge in [0.1, 0.15) is 0 Å².